The van der Waals surface area contributed by atoms with E-state index >= 15 is 0 Å². The van der Waals surface area contributed by atoms with Crippen LogP contribution in [-0.4, -0.2) is 28.8 Å². The maximum atomic E-state index is 14.0. The summed E-state index contributed by atoms with van der Waals surface area (Å²) in [6.45, 7) is 2.22. The number of nitrogens with one attached hydrogen (secondary N) is 1. The summed E-state index contributed by atoms with van der Waals surface area (Å²) < 4.78 is 0. The lowest BCUT2D eigenvalue weighted by Gasteiger charge is -2.34. The molecule has 1 fully saturated rings. The van der Waals surface area contributed by atoms with E-state index in [-0.39, 0.29) is 30.8 Å². The van der Waals surface area contributed by atoms with E-state index in [4.69, 9.17) is 23.2 Å². The predicted molar refractivity (Wildman–Crippen MR) is 151 cm³/mol. The zero-order valence-corrected chi connectivity index (χ0v) is 22.8. The van der Waals surface area contributed by atoms with E-state index in [1.54, 1.807) is 17.0 Å². The molecule has 0 spiro atoms. The second kappa shape index (κ2) is 13.1. The molecule has 1 N–H and O–H groups in total. The Morgan fingerprint density at radius 3 is 2.32 bits per heavy atom. The first kappa shape index (κ1) is 27.2. The van der Waals surface area contributed by atoms with E-state index in [2.05, 4.69) is 5.32 Å². The molecule has 3 aromatic carbocycles. The lowest BCUT2D eigenvalue weighted by atomic mass is 9.94. The SMILES string of the molecule is Cc1ccccc1CC(=O)N(Cc1ccc(Cl)cc1Cl)[C@H](Cc1ccccc1)C(=O)NC1CCCCC1. The number of halogens is 2. The minimum absolute atomic E-state index is 0.111. The molecule has 1 saturated carbocycles. The summed E-state index contributed by atoms with van der Waals surface area (Å²) in [7, 11) is 0. The third-order valence-corrected chi connectivity index (χ3v) is 7.77. The number of hydrogen-bond donors (Lipinski definition) is 1. The highest BCUT2D eigenvalue weighted by Gasteiger charge is 2.32. The fraction of sp³-hybridized carbons (Fsp3) is 0.355. The van der Waals surface area contributed by atoms with E-state index in [0.717, 1.165) is 47.9 Å². The van der Waals surface area contributed by atoms with E-state index < -0.39 is 6.04 Å². The molecule has 0 saturated heterocycles. The Morgan fingerprint density at radius 2 is 1.62 bits per heavy atom. The normalized spacial score (nSPS) is 14.7. The van der Waals surface area contributed by atoms with Gasteiger partial charge in [0.25, 0.3) is 0 Å². The van der Waals surface area contributed by atoms with E-state index in [1.807, 2.05) is 67.6 Å². The average Bonchev–Trinajstić information content (AvgIpc) is 2.89. The Kier molecular flexibility index (Phi) is 9.65. The van der Waals surface area contributed by atoms with Crippen molar-refractivity contribution in [1.82, 2.24) is 10.2 Å². The molecule has 0 bridgehead atoms. The van der Waals surface area contributed by atoms with Gasteiger partial charge in [0.2, 0.25) is 11.8 Å². The highest BCUT2D eigenvalue weighted by atomic mass is 35.5. The largest absolute Gasteiger partial charge is 0.352 e. The summed E-state index contributed by atoms with van der Waals surface area (Å²) >= 11 is 12.7. The second-order valence-electron chi connectivity index (χ2n) is 9.91. The third-order valence-electron chi connectivity index (χ3n) is 7.18. The molecule has 37 heavy (non-hydrogen) atoms. The van der Waals surface area contributed by atoms with Crippen LogP contribution in [0.2, 0.25) is 10.0 Å². The minimum atomic E-state index is -0.674. The van der Waals surface area contributed by atoms with Crippen molar-refractivity contribution in [3.05, 3.63) is 105 Å². The molecule has 0 aromatic heterocycles. The van der Waals surface area contributed by atoms with Crippen molar-refractivity contribution in [2.45, 2.75) is 70.5 Å². The molecule has 4 nitrogen and oxygen atoms in total. The average molecular weight is 538 g/mol. The first-order valence-electron chi connectivity index (χ1n) is 13.0. The Hall–Kier alpha value is -2.82. The summed E-state index contributed by atoms with van der Waals surface area (Å²) in [6.07, 6.45) is 6.02. The van der Waals surface area contributed by atoms with Crippen LogP contribution in [0.1, 0.15) is 54.4 Å². The zero-order chi connectivity index (χ0) is 26.2. The fourth-order valence-corrected chi connectivity index (χ4v) is 5.47. The number of carbonyl (C=O) groups excluding carboxylic acids is 2. The molecule has 1 atom stereocenters. The molecule has 2 amide bonds. The molecule has 0 radical (unpaired) electrons. The van der Waals surface area contributed by atoms with Crippen molar-refractivity contribution in [3.8, 4) is 0 Å². The summed E-state index contributed by atoms with van der Waals surface area (Å²) in [5.74, 6) is -0.223. The number of carbonyl (C=O) groups is 2. The zero-order valence-electron chi connectivity index (χ0n) is 21.3. The Morgan fingerprint density at radius 1 is 0.919 bits per heavy atom. The summed E-state index contributed by atoms with van der Waals surface area (Å²) in [5.41, 5.74) is 3.76. The third kappa shape index (κ3) is 7.59. The van der Waals surface area contributed by atoms with Gasteiger partial charge in [-0.15, -0.1) is 0 Å². The van der Waals surface area contributed by atoms with Crippen LogP contribution < -0.4 is 5.32 Å². The van der Waals surface area contributed by atoms with Crippen molar-refractivity contribution in [2.24, 2.45) is 0 Å². The van der Waals surface area contributed by atoms with Gasteiger partial charge in [-0.3, -0.25) is 9.59 Å². The number of amides is 2. The first-order valence-corrected chi connectivity index (χ1v) is 13.8. The van der Waals surface area contributed by atoms with Gasteiger partial charge in [-0.05, 0) is 54.2 Å². The summed E-state index contributed by atoms with van der Waals surface area (Å²) in [5, 5.41) is 4.28. The molecule has 194 valence electrons. The number of nitrogens with zero attached hydrogens (tertiary/aromatic N) is 1. The maximum absolute atomic E-state index is 14.0. The Bertz CT molecular complexity index is 1210. The topological polar surface area (TPSA) is 49.4 Å². The van der Waals surface area contributed by atoms with Gasteiger partial charge >= 0.3 is 0 Å². The van der Waals surface area contributed by atoms with Crippen LogP contribution in [0.5, 0.6) is 0 Å². The first-order chi connectivity index (χ1) is 17.9. The molecule has 4 rings (SSSR count). The lowest BCUT2D eigenvalue weighted by molar-refractivity contribution is -0.141. The molecule has 1 aliphatic rings. The van der Waals surface area contributed by atoms with Gasteiger partial charge in [-0.1, -0.05) is 103 Å². The smallest absolute Gasteiger partial charge is 0.243 e. The minimum Gasteiger partial charge on any atom is -0.352 e. The van der Waals surface area contributed by atoms with Crippen LogP contribution in [0.4, 0.5) is 0 Å². The monoisotopic (exact) mass is 536 g/mol. The highest BCUT2D eigenvalue weighted by molar-refractivity contribution is 6.35. The quantitative estimate of drug-likeness (QED) is 0.322. The van der Waals surface area contributed by atoms with Gasteiger partial charge in [-0.2, -0.15) is 0 Å². The van der Waals surface area contributed by atoms with Gasteiger partial charge < -0.3 is 10.2 Å². The van der Waals surface area contributed by atoms with Crippen LogP contribution in [0.15, 0.2) is 72.8 Å². The molecule has 3 aromatic rings. The number of benzene rings is 3. The van der Waals surface area contributed by atoms with Crippen molar-refractivity contribution in [2.75, 3.05) is 0 Å². The van der Waals surface area contributed by atoms with Crippen molar-refractivity contribution >= 4 is 35.0 Å². The lowest BCUT2D eigenvalue weighted by Crippen LogP contribution is -2.53. The van der Waals surface area contributed by atoms with E-state index in [1.165, 1.54) is 6.42 Å². The van der Waals surface area contributed by atoms with Crippen LogP contribution in [0, 0.1) is 6.92 Å². The molecule has 0 aliphatic heterocycles. The van der Waals surface area contributed by atoms with Gasteiger partial charge in [0, 0.05) is 29.1 Å². The Balaban J connectivity index is 1.68. The molecule has 0 heterocycles. The number of hydrogen-bond acceptors (Lipinski definition) is 2. The van der Waals surface area contributed by atoms with Gasteiger partial charge in [0.05, 0.1) is 6.42 Å². The predicted octanol–water partition coefficient (Wildman–Crippen LogP) is 6.93. The Labute approximate surface area is 230 Å². The van der Waals surface area contributed by atoms with Crippen molar-refractivity contribution in [1.29, 1.82) is 0 Å². The number of rotatable bonds is 9. The fourth-order valence-electron chi connectivity index (χ4n) is 5.00. The van der Waals surface area contributed by atoms with E-state index in [9.17, 15) is 9.59 Å². The molecular formula is C31H34Cl2N2O2. The molecule has 0 unspecified atom stereocenters. The van der Waals surface area contributed by atoms with Gasteiger partial charge in [0.15, 0.2) is 0 Å². The van der Waals surface area contributed by atoms with Crippen molar-refractivity contribution in [3.63, 3.8) is 0 Å². The van der Waals surface area contributed by atoms with Crippen LogP contribution in [-0.2, 0) is 29.0 Å². The molecular weight excluding hydrogens is 503 g/mol. The highest BCUT2D eigenvalue weighted by Crippen LogP contribution is 2.25. The summed E-state index contributed by atoms with van der Waals surface area (Å²) in [4.78, 5) is 29.5. The second-order valence-corrected chi connectivity index (χ2v) is 10.8. The van der Waals surface area contributed by atoms with E-state index in [0.29, 0.717) is 16.5 Å². The van der Waals surface area contributed by atoms with Crippen molar-refractivity contribution < 1.29 is 9.59 Å². The van der Waals surface area contributed by atoms with Crippen LogP contribution in [0.25, 0.3) is 0 Å². The molecule has 1 aliphatic carbocycles. The molecule has 6 heteroatoms. The summed E-state index contributed by atoms with van der Waals surface area (Å²) in [6, 6.07) is 22.5. The standard InChI is InChI=1S/C31H34Cl2N2O2/c1-22-10-8-9-13-24(22)19-30(36)35(21-25-16-17-26(32)20-28(25)33)29(18-23-11-4-2-5-12-23)31(37)34-27-14-6-3-7-15-27/h2,4-5,8-13,16-17,20,27,29H,3,6-7,14-15,18-19,21H2,1H3,(H,34,37)/t29-/m1/s1. The number of aryl methyl sites for hydroxylation is 1. The van der Waals surface area contributed by atoms with Crippen LogP contribution >= 0.6 is 23.2 Å². The maximum Gasteiger partial charge on any atom is 0.243 e. The van der Waals surface area contributed by atoms with Gasteiger partial charge in [-0.25, -0.2) is 0 Å². The van der Waals surface area contributed by atoms with Gasteiger partial charge in [0.1, 0.15) is 6.04 Å². The van der Waals surface area contributed by atoms with Crippen LogP contribution in [0.3, 0.4) is 0 Å².